The minimum Gasteiger partial charge on any atom is -0.473 e. The molecule has 0 saturated carbocycles. The van der Waals surface area contributed by atoms with Crippen molar-refractivity contribution in [1.29, 1.82) is 0 Å². The number of aliphatic hydroxyl groups is 1. The molecule has 0 unspecified atom stereocenters. The summed E-state index contributed by atoms with van der Waals surface area (Å²) in [5.41, 5.74) is 2.49. The minimum atomic E-state index is -1.04. The molecule has 8 nitrogen and oxygen atoms in total. The highest BCUT2D eigenvalue weighted by Gasteiger charge is 2.42. The maximum atomic E-state index is 12.8. The molecule has 1 aromatic rings. The van der Waals surface area contributed by atoms with E-state index in [1.807, 2.05) is 0 Å². The Morgan fingerprint density at radius 1 is 1.35 bits per heavy atom. The average molecular weight is 473 g/mol. The lowest BCUT2D eigenvalue weighted by Gasteiger charge is -2.33. The Labute approximate surface area is 191 Å². The SMILES string of the molecule is C=CCOC(=O)NN1C(c2c(Cl)cccc2Cl)=CO[C@@H]1[C@H](CCO)C(=O)OC(C)(C)C. The summed E-state index contributed by atoms with van der Waals surface area (Å²) in [5.74, 6) is -1.54. The second-order valence-electron chi connectivity index (χ2n) is 7.65. The number of amides is 1. The van der Waals surface area contributed by atoms with Gasteiger partial charge in [-0.25, -0.2) is 15.2 Å². The summed E-state index contributed by atoms with van der Waals surface area (Å²) in [6.45, 7) is 8.35. The molecule has 2 atom stereocenters. The summed E-state index contributed by atoms with van der Waals surface area (Å²) in [7, 11) is 0. The second kappa shape index (κ2) is 10.7. The van der Waals surface area contributed by atoms with E-state index in [0.29, 0.717) is 21.3 Å². The molecule has 0 bridgehead atoms. The lowest BCUT2D eigenvalue weighted by molar-refractivity contribution is -0.169. The number of esters is 1. The molecule has 2 N–H and O–H groups in total. The molecule has 1 heterocycles. The van der Waals surface area contributed by atoms with E-state index in [1.54, 1.807) is 39.0 Å². The Kier molecular flexibility index (Phi) is 8.61. The van der Waals surface area contributed by atoms with Gasteiger partial charge < -0.3 is 19.3 Å². The fourth-order valence-corrected chi connectivity index (χ4v) is 3.46. The molecule has 1 amide bonds. The quantitative estimate of drug-likeness (QED) is 0.433. The highest BCUT2D eigenvalue weighted by atomic mass is 35.5. The van der Waals surface area contributed by atoms with Gasteiger partial charge in [0.1, 0.15) is 30.1 Å². The van der Waals surface area contributed by atoms with Gasteiger partial charge in [0.25, 0.3) is 0 Å². The van der Waals surface area contributed by atoms with E-state index in [1.165, 1.54) is 17.3 Å². The normalized spacial score (nSPS) is 16.8. The molecule has 0 fully saturated rings. The van der Waals surface area contributed by atoms with E-state index in [-0.39, 0.29) is 19.6 Å². The molecule has 0 saturated heterocycles. The summed E-state index contributed by atoms with van der Waals surface area (Å²) in [6.07, 6.45) is 0.919. The number of carbonyl (C=O) groups is 2. The molecule has 2 rings (SSSR count). The average Bonchev–Trinajstić information content (AvgIpc) is 3.05. The predicted octanol–water partition coefficient (Wildman–Crippen LogP) is 4.12. The zero-order chi connectivity index (χ0) is 23.2. The van der Waals surface area contributed by atoms with E-state index >= 15 is 0 Å². The first kappa shape index (κ1) is 24.8. The number of benzene rings is 1. The van der Waals surface area contributed by atoms with Crippen LogP contribution in [0.25, 0.3) is 5.70 Å². The lowest BCUT2D eigenvalue weighted by atomic mass is 10.0. The van der Waals surface area contributed by atoms with Gasteiger partial charge in [-0.05, 0) is 39.3 Å². The number of hydrazine groups is 1. The van der Waals surface area contributed by atoms with Crippen molar-refractivity contribution in [2.45, 2.75) is 39.0 Å². The largest absolute Gasteiger partial charge is 0.473 e. The molecule has 1 aromatic carbocycles. The first-order chi connectivity index (χ1) is 14.6. The molecular weight excluding hydrogens is 447 g/mol. The van der Waals surface area contributed by atoms with Crippen molar-refractivity contribution >= 4 is 41.0 Å². The molecule has 0 aliphatic carbocycles. The van der Waals surface area contributed by atoms with Gasteiger partial charge in [0.2, 0.25) is 6.23 Å². The van der Waals surface area contributed by atoms with Gasteiger partial charge in [0, 0.05) is 12.2 Å². The zero-order valence-corrected chi connectivity index (χ0v) is 19.1. The molecule has 0 radical (unpaired) electrons. The van der Waals surface area contributed by atoms with Crippen LogP contribution >= 0.6 is 23.2 Å². The van der Waals surface area contributed by atoms with Crippen molar-refractivity contribution in [3.05, 3.63) is 52.7 Å². The van der Waals surface area contributed by atoms with Gasteiger partial charge in [-0.2, -0.15) is 0 Å². The summed E-state index contributed by atoms with van der Waals surface area (Å²) in [4.78, 5) is 25.1. The smallest absolute Gasteiger partial charge is 0.426 e. The van der Waals surface area contributed by atoms with Gasteiger partial charge in [-0.3, -0.25) is 4.79 Å². The molecule has 0 spiro atoms. The monoisotopic (exact) mass is 472 g/mol. The van der Waals surface area contributed by atoms with Crippen LogP contribution in [0.5, 0.6) is 0 Å². The van der Waals surface area contributed by atoms with Crippen molar-refractivity contribution in [2.24, 2.45) is 5.92 Å². The summed E-state index contributed by atoms with van der Waals surface area (Å²) in [5, 5.41) is 11.5. The second-order valence-corrected chi connectivity index (χ2v) is 8.46. The van der Waals surface area contributed by atoms with Crippen molar-refractivity contribution in [3.63, 3.8) is 0 Å². The van der Waals surface area contributed by atoms with Crippen LogP contribution in [0.4, 0.5) is 4.79 Å². The highest BCUT2D eigenvalue weighted by Crippen LogP contribution is 2.38. The predicted molar refractivity (Wildman–Crippen MR) is 117 cm³/mol. The van der Waals surface area contributed by atoms with E-state index in [9.17, 15) is 14.7 Å². The lowest BCUT2D eigenvalue weighted by Crippen LogP contribution is -2.51. The van der Waals surface area contributed by atoms with Crippen molar-refractivity contribution in [2.75, 3.05) is 13.2 Å². The molecule has 0 aromatic heterocycles. The van der Waals surface area contributed by atoms with Crippen LogP contribution in [0.15, 0.2) is 37.1 Å². The van der Waals surface area contributed by atoms with Crippen LogP contribution in [-0.2, 0) is 19.0 Å². The number of carbonyl (C=O) groups excluding carboxylic acids is 2. The van der Waals surface area contributed by atoms with Crippen molar-refractivity contribution < 1.29 is 28.9 Å². The molecular formula is C21H26Cl2N2O6. The Morgan fingerprint density at radius 2 is 2.00 bits per heavy atom. The molecule has 1 aliphatic rings. The third-order valence-electron chi connectivity index (χ3n) is 4.09. The minimum absolute atomic E-state index is 0.0246. The summed E-state index contributed by atoms with van der Waals surface area (Å²) in [6, 6.07) is 4.93. The fourth-order valence-electron chi connectivity index (χ4n) is 2.87. The van der Waals surface area contributed by atoms with Crippen LogP contribution in [0.1, 0.15) is 32.8 Å². The Hall–Kier alpha value is -2.42. The number of nitrogens with one attached hydrogen (secondary N) is 1. The third kappa shape index (κ3) is 6.53. The van der Waals surface area contributed by atoms with E-state index in [2.05, 4.69) is 12.0 Å². The van der Waals surface area contributed by atoms with E-state index in [4.69, 9.17) is 37.4 Å². The van der Waals surface area contributed by atoms with Gasteiger partial charge in [0.15, 0.2) is 0 Å². The molecule has 170 valence electrons. The van der Waals surface area contributed by atoms with E-state index in [0.717, 1.165) is 0 Å². The first-order valence-electron chi connectivity index (χ1n) is 9.56. The maximum absolute atomic E-state index is 12.8. The van der Waals surface area contributed by atoms with Crippen LogP contribution < -0.4 is 5.43 Å². The summed E-state index contributed by atoms with van der Waals surface area (Å²) < 4.78 is 16.2. The Morgan fingerprint density at radius 3 is 2.55 bits per heavy atom. The van der Waals surface area contributed by atoms with Gasteiger partial charge in [-0.15, -0.1) is 0 Å². The van der Waals surface area contributed by atoms with E-state index < -0.39 is 29.8 Å². The van der Waals surface area contributed by atoms with Crippen molar-refractivity contribution in [1.82, 2.24) is 10.4 Å². The molecule has 1 aliphatic heterocycles. The Bertz CT molecular complexity index is 833. The fraction of sp³-hybridized carbons (Fsp3) is 0.429. The summed E-state index contributed by atoms with van der Waals surface area (Å²) >= 11 is 12.7. The van der Waals surface area contributed by atoms with Gasteiger partial charge >= 0.3 is 12.1 Å². The number of rotatable bonds is 8. The Balaban J connectivity index is 2.41. The van der Waals surface area contributed by atoms with Crippen LogP contribution in [0, 0.1) is 5.92 Å². The standard InChI is InChI=1S/C21H26Cl2N2O6/c1-5-11-29-20(28)24-25-16(17-14(22)7-6-8-15(17)23)12-30-18(25)13(9-10-26)19(27)31-21(2,3)4/h5-8,12-13,18,26H,1,9-11H2,2-4H3,(H,24,28)/t13-,18+/m0/s1. The number of hydrogen-bond acceptors (Lipinski definition) is 7. The number of aliphatic hydroxyl groups excluding tert-OH is 1. The molecule has 10 heteroatoms. The number of hydrogen-bond donors (Lipinski definition) is 2. The number of halogens is 2. The van der Waals surface area contributed by atoms with Crippen molar-refractivity contribution in [3.8, 4) is 0 Å². The third-order valence-corrected chi connectivity index (χ3v) is 4.72. The highest BCUT2D eigenvalue weighted by molar-refractivity contribution is 6.37. The molecule has 31 heavy (non-hydrogen) atoms. The zero-order valence-electron chi connectivity index (χ0n) is 17.6. The number of nitrogens with zero attached hydrogens (tertiary/aromatic N) is 1. The van der Waals surface area contributed by atoms with Crippen LogP contribution in [-0.4, -0.2) is 47.2 Å². The first-order valence-corrected chi connectivity index (χ1v) is 10.3. The number of ether oxygens (including phenoxy) is 3. The van der Waals surface area contributed by atoms with Crippen LogP contribution in [0.3, 0.4) is 0 Å². The topological polar surface area (TPSA) is 97.3 Å². The van der Waals surface area contributed by atoms with Gasteiger partial charge in [-0.1, -0.05) is 41.9 Å². The van der Waals surface area contributed by atoms with Crippen LogP contribution in [0.2, 0.25) is 10.0 Å². The maximum Gasteiger partial charge on any atom is 0.426 e. The van der Waals surface area contributed by atoms with Gasteiger partial charge in [0.05, 0.1) is 10.0 Å².